The zero-order valence-corrected chi connectivity index (χ0v) is 18.2. The third-order valence-electron chi connectivity index (χ3n) is 6.00. The number of hydrogen-bond acceptors (Lipinski definition) is 5. The number of Topliss-reactive ketones (excluding diaryl/α,β-unsaturated/α-hetero) is 1. The fourth-order valence-corrected chi connectivity index (χ4v) is 6.64. The minimum atomic E-state index is -3.67. The Kier molecular flexibility index (Phi) is 4.85. The maximum Gasteiger partial charge on any atom is 0.534 e. The molecule has 0 bridgehead atoms. The molecule has 0 radical (unpaired) electrons. The van der Waals surface area contributed by atoms with Crippen molar-refractivity contribution in [2.75, 3.05) is 0 Å². The molecular formula is C22H29O5P. The Labute approximate surface area is 167 Å². The van der Waals surface area contributed by atoms with Crippen LogP contribution in [0.4, 0.5) is 0 Å². The number of allylic oxidation sites excluding steroid dienone is 2. The summed E-state index contributed by atoms with van der Waals surface area (Å²) >= 11 is 0. The first-order chi connectivity index (χ1) is 13.1. The molecule has 2 atom stereocenters. The summed E-state index contributed by atoms with van der Waals surface area (Å²) in [5, 5.41) is 0. The lowest BCUT2D eigenvalue weighted by atomic mass is 9.80. The van der Waals surface area contributed by atoms with Gasteiger partial charge >= 0.3 is 7.82 Å². The van der Waals surface area contributed by atoms with Gasteiger partial charge in [0.15, 0.2) is 11.6 Å². The number of hydrogen-bond donors (Lipinski definition) is 0. The van der Waals surface area contributed by atoms with Crippen LogP contribution in [0.5, 0.6) is 0 Å². The molecule has 2 fully saturated rings. The van der Waals surface area contributed by atoms with Crippen LogP contribution in [-0.2, 0) is 29.4 Å². The zero-order valence-electron chi connectivity index (χ0n) is 17.3. The molecule has 0 aromatic heterocycles. The summed E-state index contributed by atoms with van der Waals surface area (Å²) in [5.41, 5.74) is 4.88. The second kappa shape index (κ2) is 6.83. The molecule has 5 nitrogen and oxygen atoms in total. The molecule has 1 heterocycles. The van der Waals surface area contributed by atoms with Crippen LogP contribution < -0.4 is 0 Å². The molecule has 2 aliphatic carbocycles. The van der Waals surface area contributed by atoms with E-state index in [0.29, 0.717) is 11.3 Å². The molecular weight excluding hydrogens is 375 g/mol. The predicted molar refractivity (Wildman–Crippen MR) is 108 cm³/mol. The Hall–Kier alpha value is -1.42. The van der Waals surface area contributed by atoms with Crippen LogP contribution in [0.1, 0.15) is 68.7 Å². The first-order valence-corrected chi connectivity index (χ1v) is 11.7. The van der Waals surface area contributed by atoms with Gasteiger partial charge in [0.25, 0.3) is 0 Å². The second-order valence-corrected chi connectivity index (χ2v) is 10.1. The number of carbonyl (C=O) groups excluding carboxylic acids is 1. The summed E-state index contributed by atoms with van der Waals surface area (Å²) in [6.45, 7) is 9.58. The van der Waals surface area contributed by atoms with Crippen LogP contribution >= 0.6 is 7.82 Å². The number of phosphoric acid groups is 1. The Morgan fingerprint density at radius 2 is 1.79 bits per heavy atom. The molecule has 1 aliphatic heterocycles. The molecule has 0 amide bonds. The highest BCUT2D eigenvalue weighted by molar-refractivity contribution is 7.49. The summed E-state index contributed by atoms with van der Waals surface area (Å²) in [5.74, 6) is -0.407. The van der Waals surface area contributed by atoms with Crippen molar-refractivity contribution in [3.05, 3.63) is 40.1 Å². The number of ketones is 1. The van der Waals surface area contributed by atoms with E-state index in [2.05, 4.69) is 26.0 Å². The fraction of sp³-hybridized carbons (Fsp3) is 0.591. The number of aryl methyl sites for hydroxylation is 3. The van der Waals surface area contributed by atoms with Crippen molar-refractivity contribution in [3.8, 4) is 0 Å². The highest BCUT2D eigenvalue weighted by atomic mass is 31.2. The third kappa shape index (κ3) is 3.28. The summed E-state index contributed by atoms with van der Waals surface area (Å²) < 4.78 is 29.7. The lowest BCUT2D eigenvalue weighted by molar-refractivity contribution is -0.193. The average Bonchev–Trinajstić information content (AvgIpc) is 2.85. The fourth-order valence-electron chi connectivity index (χ4n) is 5.01. The van der Waals surface area contributed by atoms with E-state index in [1.54, 1.807) is 13.8 Å². The normalized spacial score (nSPS) is 28.1. The first-order valence-electron chi connectivity index (χ1n) is 10.2. The van der Waals surface area contributed by atoms with Crippen LogP contribution in [0.3, 0.4) is 0 Å². The monoisotopic (exact) mass is 404 g/mol. The molecule has 6 heteroatoms. The van der Waals surface area contributed by atoms with Crippen molar-refractivity contribution in [1.82, 2.24) is 0 Å². The molecule has 0 N–H and O–H groups in total. The van der Waals surface area contributed by atoms with Crippen molar-refractivity contribution < 1.29 is 22.9 Å². The predicted octanol–water partition coefficient (Wildman–Crippen LogP) is 5.87. The average molecular weight is 404 g/mol. The molecule has 28 heavy (non-hydrogen) atoms. The van der Waals surface area contributed by atoms with Gasteiger partial charge in [-0.1, -0.05) is 37.5 Å². The van der Waals surface area contributed by atoms with Crippen LogP contribution in [0.2, 0.25) is 0 Å². The van der Waals surface area contributed by atoms with Gasteiger partial charge in [-0.2, -0.15) is 0 Å². The van der Waals surface area contributed by atoms with Gasteiger partial charge in [0.2, 0.25) is 0 Å². The van der Waals surface area contributed by atoms with E-state index in [1.165, 1.54) is 5.56 Å². The van der Waals surface area contributed by atoms with E-state index < -0.39 is 13.6 Å². The molecule has 4 rings (SSSR count). The van der Waals surface area contributed by atoms with Crippen LogP contribution in [0.15, 0.2) is 17.9 Å². The Balaban J connectivity index is 1.85. The van der Waals surface area contributed by atoms with E-state index in [0.717, 1.165) is 48.8 Å². The maximum absolute atomic E-state index is 13.5. The maximum atomic E-state index is 13.5. The first kappa shape index (κ1) is 19.9. The number of benzene rings is 1. The minimum Gasteiger partial charge on any atom is -0.407 e. The van der Waals surface area contributed by atoms with Gasteiger partial charge in [0.1, 0.15) is 5.76 Å². The van der Waals surface area contributed by atoms with Crippen molar-refractivity contribution in [2.45, 2.75) is 72.5 Å². The Bertz CT molecular complexity index is 902. The molecule has 1 saturated heterocycles. The van der Waals surface area contributed by atoms with Crippen molar-refractivity contribution in [3.63, 3.8) is 0 Å². The lowest BCUT2D eigenvalue weighted by Gasteiger charge is -2.40. The van der Waals surface area contributed by atoms with E-state index >= 15 is 0 Å². The molecule has 0 unspecified atom stereocenters. The summed E-state index contributed by atoms with van der Waals surface area (Å²) in [6, 6.07) is 4.22. The summed E-state index contributed by atoms with van der Waals surface area (Å²) in [7, 11) is -3.67. The van der Waals surface area contributed by atoms with Crippen molar-refractivity contribution in [1.29, 1.82) is 0 Å². The van der Waals surface area contributed by atoms with E-state index in [9.17, 15) is 9.36 Å². The van der Waals surface area contributed by atoms with E-state index in [4.69, 9.17) is 13.6 Å². The number of rotatable bonds is 4. The molecule has 1 aromatic carbocycles. The van der Waals surface area contributed by atoms with Gasteiger partial charge in [-0.25, -0.2) is 13.6 Å². The highest BCUT2D eigenvalue weighted by Crippen LogP contribution is 2.68. The molecule has 1 saturated carbocycles. The highest BCUT2D eigenvalue weighted by Gasteiger charge is 2.56. The Morgan fingerprint density at radius 1 is 1.14 bits per heavy atom. The minimum absolute atomic E-state index is 0.0385. The smallest absolute Gasteiger partial charge is 0.407 e. The van der Waals surface area contributed by atoms with Gasteiger partial charge in [0, 0.05) is 11.8 Å². The third-order valence-corrected chi connectivity index (χ3v) is 7.75. The largest absolute Gasteiger partial charge is 0.534 e. The van der Waals surface area contributed by atoms with Gasteiger partial charge in [-0.15, -0.1) is 0 Å². The molecule has 152 valence electrons. The van der Waals surface area contributed by atoms with Crippen LogP contribution in [0, 0.1) is 25.7 Å². The standard InChI is InChI=1S/C22H29O5P/c1-6-15-12-13(2)11-14(3)18(15)19-20(23)16-9-7-8-10-17(16)21(19)25-28(24)26-22(4,5)27-28/h11-12,16-17H,6-10H2,1-5H3/t16-,17+/m1/s1. The van der Waals surface area contributed by atoms with Crippen molar-refractivity contribution >= 4 is 19.2 Å². The van der Waals surface area contributed by atoms with Gasteiger partial charge in [0.05, 0.1) is 5.57 Å². The lowest BCUT2D eigenvalue weighted by Crippen LogP contribution is -2.37. The number of phosphoric ester groups is 1. The van der Waals surface area contributed by atoms with Gasteiger partial charge in [-0.3, -0.25) is 4.79 Å². The van der Waals surface area contributed by atoms with Gasteiger partial charge < -0.3 is 4.52 Å². The molecule has 3 aliphatic rings. The van der Waals surface area contributed by atoms with Crippen LogP contribution in [-0.4, -0.2) is 11.6 Å². The number of fused-ring (bicyclic) bond motifs is 1. The van der Waals surface area contributed by atoms with E-state index in [-0.39, 0.29) is 17.6 Å². The molecule has 0 spiro atoms. The van der Waals surface area contributed by atoms with E-state index in [1.807, 2.05) is 6.92 Å². The summed E-state index contributed by atoms with van der Waals surface area (Å²) in [4.78, 5) is 13.5. The van der Waals surface area contributed by atoms with Crippen LogP contribution in [0.25, 0.3) is 5.57 Å². The topological polar surface area (TPSA) is 61.8 Å². The SMILES string of the molecule is CCc1cc(C)cc(C)c1C1=C(OP2(=O)OC(C)(C)O2)[C@H]2CCCC[C@H]2C1=O. The number of carbonyl (C=O) groups is 1. The van der Waals surface area contributed by atoms with Gasteiger partial charge in [-0.05, 0) is 63.6 Å². The summed E-state index contributed by atoms with van der Waals surface area (Å²) in [6.07, 6.45) is 4.61. The molecule has 1 aromatic rings. The quantitative estimate of drug-likeness (QED) is 0.587. The zero-order chi connectivity index (χ0) is 20.3. The second-order valence-electron chi connectivity index (χ2n) is 8.69. The Morgan fingerprint density at radius 3 is 2.39 bits per heavy atom. The van der Waals surface area contributed by atoms with Crippen molar-refractivity contribution in [2.24, 2.45) is 11.8 Å².